The van der Waals surface area contributed by atoms with Gasteiger partial charge in [0, 0.05) is 0 Å². The molecule has 0 fully saturated rings. The average Bonchev–Trinajstić information content (AvgIpc) is 2.99. The molecule has 4 nitrogen and oxygen atoms in total. The molecule has 0 aromatic rings. The topological polar surface area (TPSA) is 43.4 Å². The zero-order valence-electron chi connectivity index (χ0n) is 30.8. The number of likely N-dealkylation sites (N-methyl/N-ethyl adjacent to an activating group) is 1. The zero-order chi connectivity index (χ0) is 32.6. The maximum atomic E-state index is 13.1. The van der Waals surface area contributed by atoms with E-state index in [0.717, 1.165) is 36.7 Å². The van der Waals surface area contributed by atoms with Crippen LogP contribution < -0.4 is 0 Å². The van der Waals surface area contributed by atoms with E-state index in [1.54, 1.807) is 0 Å². The molecule has 0 aromatic carbocycles. The summed E-state index contributed by atoms with van der Waals surface area (Å²) in [5.74, 6) is 0. The van der Waals surface area contributed by atoms with Crippen LogP contribution in [0.15, 0.2) is 0 Å². The quantitative estimate of drug-likeness (QED) is 0.0388. The molecule has 0 N–H and O–H groups in total. The van der Waals surface area contributed by atoms with E-state index in [9.17, 15) is 9.59 Å². The minimum Gasteiger partial charge on any atom is -0.0654 e. The molecular formula is C39H80NO3P. The Balaban J connectivity index is 4.03. The van der Waals surface area contributed by atoms with Gasteiger partial charge in [0.25, 0.3) is 0 Å². The Labute approximate surface area is 278 Å². The first kappa shape index (κ1) is 43.7. The second kappa shape index (κ2) is 32.6. The molecule has 0 aliphatic rings. The number of carbonyl (C=O) groups is 2. The molecule has 0 unspecified atom stereocenters. The van der Waals surface area contributed by atoms with Gasteiger partial charge in [0.05, 0.1) is 0 Å². The second-order valence-corrected chi connectivity index (χ2v) is 16.8. The second-order valence-electron chi connectivity index (χ2n) is 14.7. The van der Waals surface area contributed by atoms with Crippen LogP contribution in [0.2, 0.25) is 0 Å². The predicted octanol–water partition coefficient (Wildman–Crippen LogP) is 12.6. The standard InChI is InChI=1S/C39H80NO3P/c1-6-8-10-12-14-16-18-20-22-24-26-28-30-32-34-38(41)44(43-37-36-40(3,4)5)39(42)35-33-31-29-27-25-23-21-19-17-15-13-11-9-7-2/h44H,6-37H2,1-5H3. The molecule has 0 bridgehead atoms. The van der Waals surface area contributed by atoms with E-state index in [-0.39, 0.29) is 11.0 Å². The van der Waals surface area contributed by atoms with Gasteiger partial charge in [-0.3, -0.25) is 0 Å². The molecule has 0 saturated heterocycles. The van der Waals surface area contributed by atoms with Gasteiger partial charge < -0.3 is 0 Å². The van der Waals surface area contributed by atoms with Crippen LogP contribution in [-0.4, -0.2) is 49.8 Å². The fraction of sp³-hybridized carbons (Fsp3) is 0.949. The van der Waals surface area contributed by atoms with E-state index in [1.165, 1.54) is 154 Å². The van der Waals surface area contributed by atoms with Gasteiger partial charge in [0.15, 0.2) is 0 Å². The monoisotopic (exact) mass is 642 g/mol. The Morgan fingerprint density at radius 1 is 0.432 bits per heavy atom. The number of rotatable bonds is 36. The minimum atomic E-state index is -2.04. The molecule has 0 radical (unpaired) electrons. The minimum absolute atomic E-state index is 0.116. The Bertz CT molecular complexity index is 589. The predicted molar refractivity (Wildman–Crippen MR) is 197 cm³/mol. The first-order chi connectivity index (χ1) is 21.3. The third kappa shape index (κ3) is 31.7. The Kier molecular flexibility index (Phi) is 32.4. The summed E-state index contributed by atoms with van der Waals surface area (Å²) < 4.78 is 6.86. The van der Waals surface area contributed by atoms with Gasteiger partial charge in [-0.1, -0.05) is 65.2 Å². The van der Waals surface area contributed by atoms with Crippen LogP contribution in [0.5, 0.6) is 0 Å². The van der Waals surface area contributed by atoms with E-state index < -0.39 is 8.15 Å². The fourth-order valence-corrected chi connectivity index (χ4v) is 7.66. The number of nitrogens with zero attached hydrogens (tertiary/aromatic N) is 1. The van der Waals surface area contributed by atoms with Gasteiger partial charge in [-0.2, -0.15) is 0 Å². The third-order valence-corrected chi connectivity index (χ3v) is 11.0. The van der Waals surface area contributed by atoms with Crippen molar-refractivity contribution in [3.05, 3.63) is 0 Å². The number of hydrogen-bond acceptors (Lipinski definition) is 3. The van der Waals surface area contributed by atoms with E-state index in [1.807, 2.05) is 0 Å². The van der Waals surface area contributed by atoms with Crippen LogP contribution in [0.1, 0.15) is 206 Å². The van der Waals surface area contributed by atoms with Crippen molar-refractivity contribution < 1.29 is 18.6 Å². The van der Waals surface area contributed by atoms with Crippen LogP contribution >= 0.6 is 8.15 Å². The Morgan fingerprint density at radius 2 is 0.682 bits per heavy atom. The molecule has 0 atom stereocenters. The first-order valence-electron chi connectivity index (χ1n) is 19.7. The van der Waals surface area contributed by atoms with Gasteiger partial charge in [-0.25, -0.2) is 0 Å². The van der Waals surface area contributed by atoms with Crippen molar-refractivity contribution in [3.63, 3.8) is 0 Å². The molecule has 0 rings (SSSR count). The van der Waals surface area contributed by atoms with Crippen LogP contribution in [0, 0.1) is 0 Å². The molecule has 44 heavy (non-hydrogen) atoms. The van der Waals surface area contributed by atoms with Gasteiger partial charge in [0.1, 0.15) is 0 Å². The average molecular weight is 642 g/mol. The van der Waals surface area contributed by atoms with Gasteiger partial charge >= 0.3 is 213 Å². The van der Waals surface area contributed by atoms with Crippen molar-refractivity contribution in [2.24, 2.45) is 0 Å². The molecule has 0 saturated carbocycles. The zero-order valence-corrected chi connectivity index (χ0v) is 31.8. The van der Waals surface area contributed by atoms with Crippen molar-refractivity contribution in [1.29, 1.82) is 0 Å². The van der Waals surface area contributed by atoms with Crippen LogP contribution in [0.3, 0.4) is 0 Å². The van der Waals surface area contributed by atoms with E-state index in [2.05, 4.69) is 35.0 Å². The first-order valence-corrected chi connectivity index (χ1v) is 21.1. The van der Waals surface area contributed by atoms with Crippen LogP contribution in [0.4, 0.5) is 0 Å². The summed E-state index contributed by atoms with van der Waals surface area (Å²) in [6, 6.07) is 0. The smallest absolute Gasteiger partial charge is 0.0654 e. The molecule has 264 valence electrons. The van der Waals surface area contributed by atoms with Gasteiger partial charge in [-0.05, 0) is 0 Å². The molecular weight excluding hydrogens is 561 g/mol. The van der Waals surface area contributed by atoms with Crippen molar-refractivity contribution >= 4 is 19.2 Å². The van der Waals surface area contributed by atoms with E-state index >= 15 is 0 Å². The summed E-state index contributed by atoms with van der Waals surface area (Å²) >= 11 is 0. The molecule has 0 spiro atoms. The van der Waals surface area contributed by atoms with Crippen LogP contribution in [0.25, 0.3) is 0 Å². The summed E-state index contributed by atoms with van der Waals surface area (Å²) in [5, 5.41) is 0. The number of quaternary nitrogens is 1. The number of hydrogen-bond donors (Lipinski definition) is 0. The summed E-state index contributed by atoms with van der Waals surface area (Å²) in [7, 11) is 4.34. The van der Waals surface area contributed by atoms with E-state index in [0.29, 0.717) is 19.4 Å². The summed E-state index contributed by atoms with van der Waals surface area (Å²) in [6.45, 7) is 5.89. The molecule has 0 amide bonds. The molecule has 0 aliphatic carbocycles. The summed E-state index contributed by atoms with van der Waals surface area (Å²) in [4.78, 5) is 26.2. The normalized spacial score (nSPS) is 12.2. The van der Waals surface area contributed by atoms with Crippen molar-refractivity contribution in [1.82, 2.24) is 0 Å². The van der Waals surface area contributed by atoms with Crippen molar-refractivity contribution in [2.75, 3.05) is 34.3 Å². The SMILES string of the molecule is CCCCCCCCCCCCCCCCC(=O)[PH-](OCC[N+](C)(C)C)C(=O)CCCCCCCCCCCCCCCC. The van der Waals surface area contributed by atoms with Crippen LogP contribution in [-0.2, 0) is 14.1 Å². The third-order valence-electron chi connectivity index (χ3n) is 9.03. The summed E-state index contributed by atoms with van der Waals surface area (Å²) in [6.07, 6.45) is 37.7. The molecule has 0 heterocycles. The van der Waals surface area contributed by atoms with Crippen molar-refractivity contribution in [2.45, 2.75) is 206 Å². The molecule has 0 aliphatic heterocycles. The number of unbranched alkanes of at least 4 members (excludes halogenated alkanes) is 26. The summed E-state index contributed by atoms with van der Waals surface area (Å²) in [5.41, 5.74) is 0.233. The molecule has 0 aromatic heterocycles. The molecule has 5 heteroatoms. The van der Waals surface area contributed by atoms with Gasteiger partial charge in [-0.15, -0.1) is 0 Å². The Morgan fingerprint density at radius 3 is 0.932 bits per heavy atom. The fourth-order valence-electron chi connectivity index (χ4n) is 5.93. The van der Waals surface area contributed by atoms with Crippen molar-refractivity contribution in [3.8, 4) is 0 Å². The number of carbonyl (C=O) groups excluding carboxylic acids is 2. The maximum absolute atomic E-state index is 13.1. The van der Waals surface area contributed by atoms with Gasteiger partial charge in [0.2, 0.25) is 0 Å². The van der Waals surface area contributed by atoms with E-state index in [4.69, 9.17) is 4.52 Å². The Hall–Kier alpha value is -0.310.